The number of unbranched alkanes of at least 4 members (excludes halogenated alkanes) is 45. The van der Waals surface area contributed by atoms with Crippen molar-refractivity contribution in [2.75, 3.05) is 39.6 Å². The van der Waals surface area contributed by atoms with Crippen LogP contribution in [0.5, 0.6) is 0 Å². The third kappa shape index (κ3) is 76.7. The quantitative estimate of drug-likeness (QED) is 0.0169. The molecule has 3 N–H and O–H groups in total. The Morgan fingerprint density at radius 3 is 0.848 bits per heavy atom. The Kier molecular flexibility index (Phi) is 73.8. The molecule has 0 rings (SSSR count). The summed E-state index contributed by atoms with van der Waals surface area (Å²) in [6.45, 7) is 12.0. The molecule has 0 fully saturated rings. The second-order valence-corrected chi connectivity index (χ2v) is 34.1. The maximum Gasteiger partial charge on any atom is 0.472 e. The van der Waals surface area contributed by atoms with Crippen LogP contribution in [-0.4, -0.2) is 96.7 Å². The standard InChI is InChI=1S/C86H164O17P2/c1-8-11-12-13-14-15-16-17-22-29-34-39-46-53-60-67-83(88)96-73-81(102-85(90)69-62-55-47-40-35-30-24-21-19-18-20-23-27-32-37-44-51-58-65-78(6)9-2)75-100-104(92,93)98-71-80(87)72-99-105(94,95)101-76-82(74-97-84(89)68-61-54-49-42-43-50-57-64-77(4)5)103-86(91)70-63-56-48-41-36-31-26-25-28-33-38-45-52-59-66-79(7)10-3/h15-17,22,77-82,87H,8-14,18-21,23-76H2,1-7H3,(H,92,93)(H,94,95)/b16-15-,22-17-/t78?,79?,80?,81-,82-/m1/s1. The summed E-state index contributed by atoms with van der Waals surface area (Å²) in [5.74, 6) is 0.281. The van der Waals surface area contributed by atoms with E-state index in [0.717, 1.165) is 127 Å². The lowest BCUT2D eigenvalue weighted by Crippen LogP contribution is -2.30. The largest absolute Gasteiger partial charge is 0.472 e. The van der Waals surface area contributed by atoms with Crippen LogP contribution in [0.4, 0.5) is 0 Å². The van der Waals surface area contributed by atoms with Crippen molar-refractivity contribution in [1.82, 2.24) is 0 Å². The van der Waals surface area contributed by atoms with E-state index in [4.69, 9.17) is 37.0 Å². The first-order chi connectivity index (χ1) is 50.8. The van der Waals surface area contributed by atoms with Crippen molar-refractivity contribution < 1.29 is 80.2 Å². The molecule has 0 radical (unpaired) electrons. The van der Waals surface area contributed by atoms with Crippen molar-refractivity contribution in [1.29, 1.82) is 0 Å². The Morgan fingerprint density at radius 2 is 0.562 bits per heavy atom. The SMILES string of the molecule is CCCCCC/C=C\C=C/CCCCCCCC(=O)OC[C@H](COP(=O)(O)OCC(O)COP(=O)(O)OC[C@@H](COC(=O)CCCCCCCCCC(C)C)OC(=O)CCCCCCCCCCCCCCCCC(C)CC)OC(=O)CCCCCCCCCCCCCCCCCCCCC(C)CC. The summed E-state index contributed by atoms with van der Waals surface area (Å²) in [6, 6.07) is 0. The third-order valence-electron chi connectivity index (χ3n) is 20.2. The molecule has 0 saturated carbocycles. The minimum absolute atomic E-state index is 0.101. The number of rotatable bonds is 82. The predicted octanol–water partition coefficient (Wildman–Crippen LogP) is 25.6. The summed E-state index contributed by atoms with van der Waals surface area (Å²) >= 11 is 0. The summed E-state index contributed by atoms with van der Waals surface area (Å²) < 4.78 is 68.8. The van der Waals surface area contributed by atoms with E-state index in [-0.39, 0.29) is 25.7 Å². The smallest absolute Gasteiger partial charge is 0.462 e. The molecule has 0 aliphatic carbocycles. The first-order valence-electron chi connectivity index (χ1n) is 43.7. The van der Waals surface area contributed by atoms with E-state index in [0.29, 0.717) is 31.6 Å². The van der Waals surface area contributed by atoms with Gasteiger partial charge in [-0.2, -0.15) is 0 Å². The van der Waals surface area contributed by atoms with E-state index in [2.05, 4.69) is 72.8 Å². The zero-order chi connectivity index (χ0) is 77.2. The molecule has 0 saturated heterocycles. The zero-order valence-corrected chi connectivity index (χ0v) is 70.5. The summed E-state index contributed by atoms with van der Waals surface area (Å²) in [4.78, 5) is 73.2. The maximum atomic E-state index is 13.1. The lowest BCUT2D eigenvalue weighted by atomic mass is 9.99. The molecule has 7 atom stereocenters. The van der Waals surface area contributed by atoms with Gasteiger partial charge in [-0.05, 0) is 69.1 Å². The van der Waals surface area contributed by atoms with Crippen LogP contribution >= 0.6 is 15.6 Å². The molecule has 0 bridgehead atoms. The molecular weight excluding hydrogens is 1370 g/mol. The van der Waals surface area contributed by atoms with E-state index < -0.39 is 97.5 Å². The first kappa shape index (κ1) is 103. The van der Waals surface area contributed by atoms with Gasteiger partial charge in [0.25, 0.3) is 0 Å². The molecule has 0 aliphatic rings. The molecule has 0 spiro atoms. The number of hydrogen-bond donors (Lipinski definition) is 3. The van der Waals surface area contributed by atoms with Crippen LogP contribution < -0.4 is 0 Å². The fourth-order valence-electron chi connectivity index (χ4n) is 12.8. The molecule has 0 aromatic carbocycles. The lowest BCUT2D eigenvalue weighted by Gasteiger charge is -2.21. The van der Waals surface area contributed by atoms with Crippen LogP contribution in [0.15, 0.2) is 24.3 Å². The van der Waals surface area contributed by atoms with Crippen LogP contribution in [0.3, 0.4) is 0 Å². The van der Waals surface area contributed by atoms with Gasteiger partial charge < -0.3 is 33.8 Å². The number of phosphoric ester groups is 2. The van der Waals surface area contributed by atoms with Crippen molar-refractivity contribution >= 4 is 39.5 Å². The van der Waals surface area contributed by atoms with Crippen LogP contribution in [0.1, 0.15) is 427 Å². The fourth-order valence-corrected chi connectivity index (χ4v) is 14.3. The van der Waals surface area contributed by atoms with Gasteiger partial charge in [-0.1, -0.05) is 375 Å². The van der Waals surface area contributed by atoms with Crippen molar-refractivity contribution in [3.63, 3.8) is 0 Å². The van der Waals surface area contributed by atoms with Crippen LogP contribution in [0, 0.1) is 17.8 Å². The van der Waals surface area contributed by atoms with Crippen molar-refractivity contribution in [2.24, 2.45) is 17.8 Å². The van der Waals surface area contributed by atoms with Gasteiger partial charge in [0.05, 0.1) is 26.4 Å². The Bertz CT molecular complexity index is 2130. The molecule has 17 nitrogen and oxygen atoms in total. The highest BCUT2D eigenvalue weighted by atomic mass is 31.2. The Hall–Kier alpha value is -2.46. The number of phosphoric acid groups is 2. The second-order valence-electron chi connectivity index (χ2n) is 31.2. The van der Waals surface area contributed by atoms with Crippen LogP contribution in [0.2, 0.25) is 0 Å². The Labute approximate surface area is 643 Å². The first-order valence-corrected chi connectivity index (χ1v) is 46.7. The molecule has 0 aromatic rings. The van der Waals surface area contributed by atoms with E-state index in [1.54, 1.807) is 0 Å². The highest BCUT2D eigenvalue weighted by molar-refractivity contribution is 7.47. The average Bonchev–Trinajstić information content (AvgIpc) is 1.02. The summed E-state index contributed by atoms with van der Waals surface area (Å²) in [7, 11) is -9.94. The average molecular weight is 1530 g/mol. The topological polar surface area (TPSA) is 237 Å². The molecule has 0 amide bonds. The van der Waals surface area contributed by atoms with Crippen molar-refractivity contribution in [2.45, 2.75) is 446 Å². The highest BCUT2D eigenvalue weighted by Gasteiger charge is 2.30. The predicted molar refractivity (Wildman–Crippen MR) is 432 cm³/mol. The van der Waals surface area contributed by atoms with Gasteiger partial charge in [0.2, 0.25) is 0 Å². The fraction of sp³-hybridized carbons (Fsp3) is 0.907. The van der Waals surface area contributed by atoms with E-state index >= 15 is 0 Å². The van der Waals surface area contributed by atoms with Gasteiger partial charge in [0, 0.05) is 25.7 Å². The van der Waals surface area contributed by atoms with Crippen molar-refractivity contribution in [3.8, 4) is 0 Å². The summed E-state index contributed by atoms with van der Waals surface area (Å²) in [5.41, 5.74) is 0. The van der Waals surface area contributed by atoms with E-state index in [1.165, 1.54) is 212 Å². The number of aliphatic hydroxyl groups excluding tert-OH is 1. The summed E-state index contributed by atoms with van der Waals surface area (Å²) in [6.07, 6.45) is 68.8. The Balaban J connectivity index is 5.25. The Morgan fingerprint density at radius 1 is 0.314 bits per heavy atom. The zero-order valence-electron chi connectivity index (χ0n) is 68.7. The maximum absolute atomic E-state index is 13.1. The molecule has 0 aromatic heterocycles. The van der Waals surface area contributed by atoms with Gasteiger partial charge in [-0.3, -0.25) is 37.3 Å². The van der Waals surface area contributed by atoms with Crippen molar-refractivity contribution in [3.05, 3.63) is 24.3 Å². The molecule has 0 heterocycles. The van der Waals surface area contributed by atoms with E-state index in [9.17, 15) is 43.2 Å². The second kappa shape index (κ2) is 75.6. The molecule has 105 heavy (non-hydrogen) atoms. The van der Waals surface area contributed by atoms with Gasteiger partial charge >= 0.3 is 39.5 Å². The molecule has 5 unspecified atom stereocenters. The van der Waals surface area contributed by atoms with Gasteiger partial charge in [0.1, 0.15) is 19.3 Å². The number of carbonyl (C=O) groups excluding carboxylic acids is 4. The summed E-state index contributed by atoms with van der Waals surface area (Å²) in [5, 5.41) is 10.7. The number of hydrogen-bond acceptors (Lipinski definition) is 15. The highest BCUT2D eigenvalue weighted by Crippen LogP contribution is 2.45. The lowest BCUT2D eigenvalue weighted by molar-refractivity contribution is -0.161. The molecule has 0 aliphatic heterocycles. The third-order valence-corrected chi connectivity index (χ3v) is 22.1. The van der Waals surface area contributed by atoms with Gasteiger partial charge in [-0.15, -0.1) is 0 Å². The van der Waals surface area contributed by atoms with E-state index in [1.807, 2.05) is 0 Å². The normalized spacial score (nSPS) is 14.5. The molecule has 620 valence electrons. The monoisotopic (exact) mass is 1530 g/mol. The number of carbonyl (C=O) groups is 4. The molecular formula is C86H164O17P2. The number of aliphatic hydroxyl groups is 1. The van der Waals surface area contributed by atoms with Gasteiger partial charge in [0.15, 0.2) is 12.2 Å². The molecule has 19 heteroatoms. The minimum Gasteiger partial charge on any atom is -0.462 e. The minimum atomic E-state index is -4.97. The van der Waals surface area contributed by atoms with Gasteiger partial charge in [-0.25, -0.2) is 9.13 Å². The van der Waals surface area contributed by atoms with Crippen LogP contribution in [-0.2, 0) is 65.4 Å². The number of esters is 4. The van der Waals surface area contributed by atoms with Crippen LogP contribution in [0.25, 0.3) is 0 Å². The number of ether oxygens (including phenoxy) is 4. The number of allylic oxidation sites excluding steroid dienone is 4.